The Kier molecular flexibility index (Phi) is 4.16. The molecule has 0 spiro atoms. The third-order valence-corrected chi connectivity index (χ3v) is 2.66. The molecule has 0 fully saturated rings. The number of nitrogens with zero attached hydrogens (tertiary/aromatic N) is 5. The maximum Gasteiger partial charge on any atom is 0.223 e. The Morgan fingerprint density at radius 1 is 1.41 bits per heavy atom. The van der Waals surface area contributed by atoms with Gasteiger partial charge in [-0.1, -0.05) is 0 Å². The molecule has 2 rings (SSSR count). The summed E-state index contributed by atoms with van der Waals surface area (Å²) in [6, 6.07) is 3.77. The van der Waals surface area contributed by atoms with Gasteiger partial charge in [-0.05, 0) is 53.3 Å². The summed E-state index contributed by atoms with van der Waals surface area (Å²) < 4.78 is 0.933. The summed E-state index contributed by atoms with van der Waals surface area (Å²) in [5, 5.41) is 15.3. The predicted octanol–water partition coefficient (Wildman–Crippen LogP) is 1.11. The minimum absolute atomic E-state index is 0.557. The van der Waals surface area contributed by atoms with Crippen LogP contribution in [-0.4, -0.2) is 38.8 Å². The van der Waals surface area contributed by atoms with Gasteiger partial charge < -0.3 is 5.32 Å². The zero-order valence-electron chi connectivity index (χ0n) is 9.47. The lowest BCUT2D eigenvalue weighted by atomic mass is 10.3. The first-order valence-corrected chi connectivity index (χ1v) is 6.13. The molecule has 2 aromatic rings. The highest BCUT2D eigenvalue weighted by molar-refractivity contribution is 9.10. The quantitative estimate of drug-likeness (QED) is 0.837. The van der Waals surface area contributed by atoms with E-state index in [0.29, 0.717) is 5.82 Å². The van der Waals surface area contributed by atoms with Crippen molar-refractivity contribution in [1.82, 2.24) is 30.5 Å². The van der Waals surface area contributed by atoms with Crippen molar-refractivity contribution < 1.29 is 0 Å². The zero-order chi connectivity index (χ0) is 12.1. The van der Waals surface area contributed by atoms with Crippen LogP contribution in [0.1, 0.15) is 6.42 Å². The van der Waals surface area contributed by atoms with Gasteiger partial charge in [0, 0.05) is 10.7 Å². The van der Waals surface area contributed by atoms with Gasteiger partial charge in [-0.3, -0.25) is 4.98 Å². The number of hydrogen-bond acceptors (Lipinski definition) is 5. The molecule has 90 valence electrons. The van der Waals surface area contributed by atoms with Crippen molar-refractivity contribution in [2.45, 2.75) is 13.0 Å². The second kappa shape index (κ2) is 5.83. The summed E-state index contributed by atoms with van der Waals surface area (Å²) >= 11 is 3.33. The summed E-state index contributed by atoms with van der Waals surface area (Å²) in [4.78, 5) is 5.81. The fourth-order valence-electron chi connectivity index (χ4n) is 1.35. The standard InChI is InChI=1S/C10H13BrN6/c1-12-5-2-6-17-15-10(14-16-17)9-4-3-8(11)7-13-9/h3-4,7,12H,2,5-6H2,1H3. The van der Waals surface area contributed by atoms with Crippen LogP contribution in [0.4, 0.5) is 0 Å². The van der Waals surface area contributed by atoms with E-state index in [1.165, 1.54) is 0 Å². The summed E-state index contributed by atoms with van der Waals surface area (Å²) in [5.41, 5.74) is 0.730. The van der Waals surface area contributed by atoms with Gasteiger partial charge in [0.15, 0.2) is 0 Å². The Labute approximate surface area is 108 Å². The largest absolute Gasteiger partial charge is 0.320 e. The van der Waals surface area contributed by atoms with Crippen LogP contribution in [0.15, 0.2) is 22.8 Å². The number of aromatic nitrogens is 5. The highest BCUT2D eigenvalue weighted by Gasteiger charge is 2.06. The van der Waals surface area contributed by atoms with Crippen molar-refractivity contribution in [2.75, 3.05) is 13.6 Å². The number of nitrogens with one attached hydrogen (secondary N) is 1. The summed E-state index contributed by atoms with van der Waals surface area (Å²) in [6.07, 6.45) is 2.69. The lowest BCUT2D eigenvalue weighted by Crippen LogP contribution is -2.12. The van der Waals surface area contributed by atoms with Crippen molar-refractivity contribution in [3.63, 3.8) is 0 Å². The van der Waals surface area contributed by atoms with E-state index in [0.717, 1.165) is 29.7 Å². The number of rotatable bonds is 5. The SMILES string of the molecule is CNCCCn1nnc(-c2ccc(Br)cn2)n1. The van der Waals surface area contributed by atoms with E-state index < -0.39 is 0 Å². The van der Waals surface area contributed by atoms with Crippen LogP contribution in [0.2, 0.25) is 0 Å². The highest BCUT2D eigenvalue weighted by Crippen LogP contribution is 2.13. The molecule has 7 heteroatoms. The average Bonchev–Trinajstić information content (AvgIpc) is 2.79. The van der Waals surface area contributed by atoms with E-state index in [4.69, 9.17) is 0 Å². The van der Waals surface area contributed by atoms with E-state index in [1.54, 1.807) is 11.0 Å². The number of halogens is 1. The fourth-order valence-corrected chi connectivity index (χ4v) is 1.58. The summed E-state index contributed by atoms with van der Waals surface area (Å²) in [5.74, 6) is 0.557. The van der Waals surface area contributed by atoms with Crippen molar-refractivity contribution in [3.8, 4) is 11.5 Å². The number of aryl methyl sites for hydroxylation is 1. The Bertz CT molecular complexity index is 466. The normalized spacial score (nSPS) is 10.7. The van der Waals surface area contributed by atoms with Gasteiger partial charge in [-0.2, -0.15) is 4.80 Å². The molecule has 0 aliphatic carbocycles. The third-order valence-electron chi connectivity index (χ3n) is 2.19. The monoisotopic (exact) mass is 296 g/mol. The Morgan fingerprint density at radius 2 is 2.29 bits per heavy atom. The van der Waals surface area contributed by atoms with Crippen LogP contribution in [0.25, 0.3) is 11.5 Å². The smallest absolute Gasteiger partial charge is 0.223 e. The third kappa shape index (κ3) is 3.31. The van der Waals surface area contributed by atoms with E-state index >= 15 is 0 Å². The first-order chi connectivity index (χ1) is 8.29. The first-order valence-electron chi connectivity index (χ1n) is 5.34. The van der Waals surface area contributed by atoms with Gasteiger partial charge in [0.1, 0.15) is 5.69 Å². The zero-order valence-corrected chi connectivity index (χ0v) is 11.1. The van der Waals surface area contributed by atoms with Crippen LogP contribution in [0, 0.1) is 0 Å². The van der Waals surface area contributed by atoms with Crippen LogP contribution >= 0.6 is 15.9 Å². The molecule has 0 bridgehead atoms. The lowest BCUT2D eigenvalue weighted by Gasteiger charge is -1.97. The van der Waals surface area contributed by atoms with Gasteiger partial charge in [0.05, 0.1) is 6.54 Å². The van der Waals surface area contributed by atoms with Crippen LogP contribution in [-0.2, 0) is 6.54 Å². The van der Waals surface area contributed by atoms with Crippen LogP contribution in [0.3, 0.4) is 0 Å². The molecule has 0 amide bonds. The summed E-state index contributed by atoms with van der Waals surface area (Å²) in [6.45, 7) is 1.69. The molecule has 2 aromatic heterocycles. The first kappa shape index (κ1) is 12.1. The molecule has 0 aliphatic rings. The molecule has 1 N–H and O–H groups in total. The topological polar surface area (TPSA) is 68.5 Å². The summed E-state index contributed by atoms with van der Waals surface area (Å²) in [7, 11) is 1.92. The van der Waals surface area contributed by atoms with Gasteiger partial charge in [0.25, 0.3) is 0 Å². The second-order valence-corrected chi connectivity index (χ2v) is 4.44. The van der Waals surface area contributed by atoms with E-state index in [-0.39, 0.29) is 0 Å². The molecular weight excluding hydrogens is 284 g/mol. The van der Waals surface area contributed by atoms with Gasteiger partial charge in [-0.15, -0.1) is 10.2 Å². The molecule has 6 nitrogen and oxygen atoms in total. The number of tetrazole rings is 1. The molecule has 17 heavy (non-hydrogen) atoms. The lowest BCUT2D eigenvalue weighted by molar-refractivity contribution is 0.493. The molecule has 0 aliphatic heterocycles. The molecule has 2 heterocycles. The van der Waals surface area contributed by atoms with Crippen molar-refractivity contribution in [3.05, 3.63) is 22.8 Å². The molecule has 0 saturated heterocycles. The van der Waals surface area contributed by atoms with E-state index in [9.17, 15) is 0 Å². The minimum atomic E-state index is 0.557. The van der Waals surface area contributed by atoms with Gasteiger partial charge >= 0.3 is 0 Å². The van der Waals surface area contributed by atoms with Crippen molar-refractivity contribution in [2.24, 2.45) is 0 Å². The highest BCUT2D eigenvalue weighted by atomic mass is 79.9. The Balaban J connectivity index is 2.04. The predicted molar refractivity (Wildman–Crippen MR) is 67.3 cm³/mol. The molecular formula is C10H13BrN6. The van der Waals surface area contributed by atoms with Crippen molar-refractivity contribution in [1.29, 1.82) is 0 Å². The fraction of sp³-hybridized carbons (Fsp3) is 0.400. The van der Waals surface area contributed by atoms with E-state index in [2.05, 4.69) is 41.6 Å². The number of pyridine rings is 1. The average molecular weight is 297 g/mol. The van der Waals surface area contributed by atoms with Crippen molar-refractivity contribution >= 4 is 15.9 Å². The Morgan fingerprint density at radius 3 is 3.00 bits per heavy atom. The van der Waals surface area contributed by atoms with Gasteiger partial charge in [0.2, 0.25) is 5.82 Å². The number of hydrogen-bond donors (Lipinski definition) is 1. The second-order valence-electron chi connectivity index (χ2n) is 3.53. The van der Waals surface area contributed by atoms with Crippen LogP contribution < -0.4 is 5.32 Å². The maximum absolute atomic E-state index is 4.27. The minimum Gasteiger partial charge on any atom is -0.320 e. The Hall–Kier alpha value is -1.34. The van der Waals surface area contributed by atoms with Gasteiger partial charge in [-0.25, -0.2) is 0 Å². The van der Waals surface area contributed by atoms with Crippen LogP contribution in [0.5, 0.6) is 0 Å². The maximum atomic E-state index is 4.27. The molecule has 0 radical (unpaired) electrons. The van der Waals surface area contributed by atoms with E-state index in [1.807, 2.05) is 19.2 Å². The molecule has 0 aromatic carbocycles. The molecule has 0 atom stereocenters. The molecule has 0 saturated carbocycles. The molecule has 0 unspecified atom stereocenters.